The van der Waals surface area contributed by atoms with Crippen LogP contribution in [0.5, 0.6) is 0 Å². The van der Waals surface area contributed by atoms with Gasteiger partial charge in [0, 0.05) is 0 Å². The van der Waals surface area contributed by atoms with Gasteiger partial charge in [-0.15, -0.1) is 0 Å². The van der Waals surface area contributed by atoms with Gasteiger partial charge in [0.1, 0.15) is 10.7 Å². The van der Waals surface area contributed by atoms with E-state index in [1.54, 1.807) is 0 Å². The largest absolute Gasteiger partial charge is 0.392 e. The van der Waals surface area contributed by atoms with Crippen molar-refractivity contribution in [1.82, 2.24) is 0 Å². The van der Waals surface area contributed by atoms with Gasteiger partial charge in [0.15, 0.2) is 9.84 Å². The number of benzene rings is 1. The predicted octanol–water partition coefficient (Wildman–Crippen LogP) is 3.18. The highest BCUT2D eigenvalue weighted by atomic mass is 32.2. The second-order valence-corrected chi connectivity index (χ2v) is 9.09. The summed E-state index contributed by atoms with van der Waals surface area (Å²) in [7, 11) is -3.86. The van der Waals surface area contributed by atoms with E-state index in [9.17, 15) is 17.9 Å². The highest BCUT2D eigenvalue weighted by Gasteiger charge is 2.42. The molecule has 1 aliphatic rings. The van der Waals surface area contributed by atoms with Crippen LogP contribution >= 0.6 is 0 Å². The Kier molecular flexibility index (Phi) is 4.45. The van der Waals surface area contributed by atoms with E-state index < -0.39 is 27.0 Å². The van der Waals surface area contributed by atoms with Crippen LogP contribution in [-0.4, -0.2) is 24.9 Å². The predicted molar refractivity (Wildman–Crippen MR) is 80.2 cm³/mol. The van der Waals surface area contributed by atoms with Crippen LogP contribution in [0.1, 0.15) is 40.0 Å². The number of rotatable bonds is 2. The van der Waals surface area contributed by atoms with Gasteiger partial charge in [0.05, 0.1) is 11.4 Å². The molecule has 1 saturated carbocycles. The van der Waals surface area contributed by atoms with Crippen LogP contribution in [-0.2, 0) is 9.84 Å². The Hall–Kier alpha value is -0.940. The fourth-order valence-electron chi connectivity index (χ4n) is 3.07. The maximum absolute atomic E-state index is 13.8. The normalized spacial score (nSPS) is 27.6. The summed E-state index contributed by atoms with van der Waals surface area (Å²) in [5, 5.41) is 9.21. The minimum absolute atomic E-state index is 0.0247. The van der Waals surface area contributed by atoms with E-state index in [2.05, 4.69) is 20.8 Å². The Morgan fingerprint density at radius 2 is 1.81 bits per heavy atom. The van der Waals surface area contributed by atoms with Crippen molar-refractivity contribution in [2.45, 2.75) is 56.3 Å². The smallest absolute Gasteiger partial charge is 0.186 e. The number of aliphatic hydroxyl groups excluding tert-OH is 1. The van der Waals surface area contributed by atoms with Gasteiger partial charge >= 0.3 is 0 Å². The summed E-state index contributed by atoms with van der Waals surface area (Å²) in [5.74, 6) is -0.546. The van der Waals surface area contributed by atoms with Crippen LogP contribution in [0.15, 0.2) is 29.2 Å². The van der Waals surface area contributed by atoms with E-state index in [4.69, 9.17) is 0 Å². The topological polar surface area (TPSA) is 54.4 Å². The monoisotopic (exact) mass is 314 g/mol. The molecule has 3 atom stereocenters. The molecule has 21 heavy (non-hydrogen) atoms. The summed E-state index contributed by atoms with van der Waals surface area (Å²) in [6.45, 7) is 6.21. The van der Waals surface area contributed by atoms with Gasteiger partial charge in [-0.25, -0.2) is 12.8 Å². The summed E-state index contributed by atoms with van der Waals surface area (Å²) >= 11 is 0. The third-order valence-electron chi connectivity index (χ3n) is 4.52. The molecule has 1 aliphatic carbocycles. The van der Waals surface area contributed by atoms with E-state index in [1.807, 2.05) is 0 Å². The van der Waals surface area contributed by atoms with Crippen LogP contribution in [0.4, 0.5) is 4.39 Å². The molecule has 0 saturated heterocycles. The van der Waals surface area contributed by atoms with Crippen LogP contribution in [0.2, 0.25) is 0 Å². The van der Waals surface area contributed by atoms with Crippen LogP contribution in [0, 0.1) is 17.2 Å². The Morgan fingerprint density at radius 1 is 1.19 bits per heavy atom. The lowest BCUT2D eigenvalue weighted by atomic mass is 9.71. The number of hydrogen-bond donors (Lipinski definition) is 1. The van der Waals surface area contributed by atoms with Gasteiger partial charge in [-0.05, 0) is 42.7 Å². The van der Waals surface area contributed by atoms with Gasteiger partial charge < -0.3 is 5.11 Å². The molecule has 0 bridgehead atoms. The standard InChI is InChI=1S/C16H23FO3S/c1-16(2,3)11-8-9-13(18)15(10-11)21(19,20)14-7-5-4-6-12(14)17/h4-7,11,13,15,18H,8-10H2,1-3H3. The first kappa shape index (κ1) is 16.4. The average Bonchev–Trinajstić information content (AvgIpc) is 2.37. The highest BCUT2D eigenvalue weighted by Crippen LogP contribution is 2.41. The third kappa shape index (κ3) is 3.29. The molecular weight excluding hydrogens is 291 g/mol. The molecule has 0 heterocycles. The molecule has 5 heteroatoms. The minimum atomic E-state index is -3.86. The summed E-state index contributed by atoms with van der Waals surface area (Å²) < 4.78 is 39.2. The van der Waals surface area contributed by atoms with Gasteiger partial charge in [0.25, 0.3) is 0 Å². The second-order valence-electron chi connectivity index (χ2n) is 6.96. The quantitative estimate of drug-likeness (QED) is 0.912. The first-order valence-electron chi connectivity index (χ1n) is 7.30. The van der Waals surface area contributed by atoms with Crippen molar-refractivity contribution in [3.8, 4) is 0 Å². The zero-order valence-corrected chi connectivity index (χ0v) is 13.5. The molecule has 0 aliphatic heterocycles. The lowest BCUT2D eigenvalue weighted by molar-refractivity contribution is 0.0757. The molecular formula is C16H23FO3S. The van der Waals surface area contributed by atoms with E-state index in [1.165, 1.54) is 18.2 Å². The summed E-state index contributed by atoms with van der Waals surface area (Å²) in [5.41, 5.74) is -0.0247. The molecule has 0 aromatic heterocycles. The highest BCUT2D eigenvalue weighted by molar-refractivity contribution is 7.92. The molecule has 2 rings (SSSR count). The van der Waals surface area contributed by atoms with Gasteiger partial charge in [-0.2, -0.15) is 0 Å². The molecule has 0 spiro atoms. The molecule has 1 aromatic carbocycles. The maximum Gasteiger partial charge on any atom is 0.186 e. The number of hydrogen-bond acceptors (Lipinski definition) is 3. The Bertz CT molecular complexity index is 604. The molecule has 3 unspecified atom stereocenters. The van der Waals surface area contributed by atoms with Crippen LogP contribution in [0.3, 0.4) is 0 Å². The average molecular weight is 314 g/mol. The summed E-state index contributed by atoms with van der Waals surface area (Å²) in [6, 6.07) is 5.39. The number of aliphatic hydroxyl groups is 1. The lowest BCUT2D eigenvalue weighted by Crippen LogP contribution is -2.43. The Balaban J connectivity index is 2.36. The molecule has 1 N–H and O–H groups in total. The zero-order chi connectivity index (χ0) is 15.8. The van der Waals surface area contributed by atoms with E-state index >= 15 is 0 Å². The van der Waals surface area contributed by atoms with Crippen LogP contribution in [0.25, 0.3) is 0 Å². The Morgan fingerprint density at radius 3 is 2.38 bits per heavy atom. The van der Waals surface area contributed by atoms with E-state index in [0.29, 0.717) is 12.8 Å². The molecule has 0 amide bonds. The third-order valence-corrected chi connectivity index (χ3v) is 6.77. The van der Waals surface area contributed by atoms with Crippen molar-refractivity contribution in [3.63, 3.8) is 0 Å². The molecule has 1 aromatic rings. The molecule has 3 nitrogen and oxygen atoms in total. The zero-order valence-electron chi connectivity index (χ0n) is 12.7. The number of sulfone groups is 1. The van der Waals surface area contributed by atoms with Crippen LogP contribution < -0.4 is 0 Å². The van der Waals surface area contributed by atoms with E-state index in [-0.39, 0.29) is 16.2 Å². The molecule has 118 valence electrons. The van der Waals surface area contributed by atoms with Crippen molar-refractivity contribution in [2.24, 2.45) is 11.3 Å². The lowest BCUT2D eigenvalue weighted by Gasteiger charge is -2.39. The second kappa shape index (κ2) is 5.69. The Labute approximate surface area is 126 Å². The summed E-state index contributed by atoms with van der Waals surface area (Å²) in [6.07, 6.45) is 0.698. The number of halogens is 1. The van der Waals surface area contributed by atoms with Gasteiger partial charge in [-0.1, -0.05) is 32.9 Å². The molecule has 0 radical (unpaired) electrons. The van der Waals surface area contributed by atoms with Gasteiger partial charge in [-0.3, -0.25) is 0 Å². The van der Waals surface area contributed by atoms with Crippen molar-refractivity contribution in [3.05, 3.63) is 30.1 Å². The van der Waals surface area contributed by atoms with Gasteiger partial charge in [0.2, 0.25) is 0 Å². The maximum atomic E-state index is 13.8. The minimum Gasteiger partial charge on any atom is -0.392 e. The van der Waals surface area contributed by atoms with Crippen molar-refractivity contribution in [2.75, 3.05) is 0 Å². The summed E-state index contributed by atoms with van der Waals surface area (Å²) in [4.78, 5) is -0.302. The van der Waals surface area contributed by atoms with Crippen molar-refractivity contribution < 1.29 is 17.9 Å². The fourth-order valence-corrected chi connectivity index (χ4v) is 5.04. The molecule has 1 fully saturated rings. The first-order valence-corrected chi connectivity index (χ1v) is 8.85. The van der Waals surface area contributed by atoms with Crippen molar-refractivity contribution >= 4 is 9.84 Å². The SMILES string of the molecule is CC(C)(C)C1CCC(O)C(S(=O)(=O)c2ccccc2F)C1. The first-order chi connectivity index (χ1) is 9.64. The fraction of sp³-hybridized carbons (Fsp3) is 0.625. The van der Waals surface area contributed by atoms with Crippen molar-refractivity contribution in [1.29, 1.82) is 0 Å². The van der Waals surface area contributed by atoms with E-state index in [0.717, 1.165) is 12.5 Å².